The molecular weight excluding hydrogens is 1410 g/mol. The van der Waals surface area contributed by atoms with E-state index in [-0.39, 0.29) is 68.9 Å². The topological polar surface area (TPSA) is 302 Å². The molecule has 0 radical (unpaired) electrons. The summed E-state index contributed by atoms with van der Waals surface area (Å²) in [5.74, 6) is -4.57. The van der Waals surface area contributed by atoms with E-state index in [9.17, 15) is 49.5 Å². The average Bonchev–Trinajstić information content (AvgIpc) is 3.86. The van der Waals surface area contributed by atoms with Crippen molar-refractivity contribution in [2.45, 2.75) is 514 Å². The third kappa shape index (κ3) is 140. The minimum absolute atomic E-state index is 0. The Bertz CT molecular complexity index is 1370. The van der Waals surface area contributed by atoms with Gasteiger partial charge < -0.3 is 75.0 Å². The minimum Gasteiger partial charge on any atom is -0.550 e. The second-order valence-corrected chi connectivity index (χ2v) is 30.7. The maximum absolute atomic E-state index is 10.2. The maximum atomic E-state index is 10.2. The summed E-state index contributed by atoms with van der Waals surface area (Å²) in [6, 6.07) is 0. The third-order valence-corrected chi connectivity index (χ3v) is 20.2. The van der Waals surface area contributed by atoms with Crippen molar-refractivity contribution in [3.63, 3.8) is 0 Å². The zero-order chi connectivity index (χ0) is 78.0. The monoisotopic (exact) mass is 1590 g/mol. The Morgan fingerprint density at radius 2 is 0.187 bits per heavy atom. The molecule has 0 unspecified atom stereocenters. The molecule has 0 amide bonds. The van der Waals surface area contributed by atoms with Gasteiger partial charge in [0.05, 0.1) is 0 Å². The number of aliphatic hydroxyl groups excluding tert-OH is 5. The van der Waals surface area contributed by atoms with Crippen molar-refractivity contribution in [1.82, 2.24) is 0 Å². The molecule has 0 rings (SSSR count). The van der Waals surface area contributed by atoms with Gasteiger partial charge >= 0.3 is 36.8 Å². The van der Waals surface area contributed by atoms with E-state index in [1.54, 1.807) is 0 Å². The van der Waals surface area contributed by atoms with Gasteiger partial charge in [-0.25, -0.2) is 0 Å². The van der Waals surface area contributed by atoms with Crippen LogP contribution in [-0.2, 0) is 43.5 Å². The summed E-state index contributed by atoms with van der Waals surface area (Å²) < 4.78 is 0. The Balaban J connectivity index is -0.000000233. The van der Waals surface area contributed by atoms with Crippen molar-refractivity contribution in [3.8, 4) is 0 Å². The second kappa shape index (κ2) is 115. The van der Waals surface area contributed by atoms with Crippen LogP contribution in [0, 0.1) is 0 Å². The average molecular weight is 1590 g/mol. The number of unbranched alkanes of at least 4 members (excludes halogenated alkanes) is 70. The predicted molar refractivity (Wildman–Crippen MR) is 436 cm³/mol. The maximum Gasteiger partial charge on any atom is 3.00 e. The van der Waals surface area contributed by atoms with Crippen molar-refractivity contribution < 1.29 is 94.5 Å². The van der Waals surface area contributed by atoms with E-state index in [0.29, 0.717) is 33.0 Å². The molecule has 0 aliphatic heterocycles. The third-order valence-electron chi connectivity index (χ3n) is 20.2. The first-order valence-electron chi connectivity index (χ1n) is 45.4. The first kappa shape index (κ1) is 119. The molecule has 15 nitrogen and oxygen atoms in total. The Labute approximate surface area is 684 Å². The zero-order valence-electron chi connectivity index (χ0n) is 70.2. The molecule has 0 saturated heterocycles. The van der Waals surface area contributed by atoms with Crippen molar-refractivity contribution in [2.24, 2.45) is 0 Å². The van der Waals surface area contributed by atoms with Gasteiger partial charge in [-0.2, -0.15) is 0 Å². The molecular formula is C90H175AlO15Zn. The molecule has 0 fully saturated rings. The number of hydrogen-bond donors (Lipinski definition) is 5. The first-order valence-corrected chi connectivity index (χ1v) is 45.4. The Morgan fingerprint density at radius 1 is 0.131 bits per heavy atom. The van der Waals surface area contributed by atoms with Crippen molar-refractivity contribution in [2.75, 3.05) is 33.0 Å². The smallest absolute Gasteiger partial charge is 0.550 e. The van der Waals surface area contributed by atoms with Gasteiger partial charge in [0.1, 0.15) is 0 Å². The van der Waals surface area contributed by atoms with Gasteiger partial charge in [0, 0.05) is 62.9 Å². The number of hydrogen-bond acceptors (Lipinski definition) is 15. The number of aliphatic hydroxyl groups is 5. The Morgan fingerprint density at radius 3 is 0.243 bits per heavy atom. The molecule has 0 aromatic heterocycles. The van der Waals surface area contributed by atoms with Gasteiger partial charge in [-0.1, -0.05) is 417 Å². The molecule has 0 aromatic carbocycles. The van der Waals surface area contributed by atoms with Crippen molar-refractivity contribution in [1.29, 1.82) is 0 Å². The van der Waals surface area contributed by atoms with Gasteiger partial charge in [0.15, 0.2) is 0 Å². The number of carboxylic acids is 5. The van der Waals surface area contributed by atoms with E-state index in [1.807, 2.05) is 0 Å². The SMILES string of the molecule is O=C([O-])CCCCCCCCCCCCCCCCCO.O=C([O-])CCCCCCCCCCCCCCCCCO.O=C([O-])CCCCCCCCCCCCCCCCCO.O=C([O-])CCCCCCCCCCCCCCCCCO.O=C([O-])CCCCCCCCCCCCCCCCCO.[Al+3].[Zn+2]. The Kier molecular flexibility index (Phi) is 128. The number of carboxylic acid groups (broad SMARTS) is 5. The van der Waals surface area contributed by atoms with Crippen LogP contribution in [-0.4, -0.2) is 106 Å². The van der Waals surface area contributed by atoms with Gasteiger partial charge in [-0.15, -0.1) is 0 Å². The zero-order valence-corrected chi connectivity index (χ0v) is 74.3. The van der Waals surface area contributed by atoms with Gasteiger partial charge in [0.25, 0.3) is 0 Å². The van der Waals surface area contributed by atoms with Gasteiger partial charge in [0.2, 0.25) is 0 Å². The molecule has 107 heavy (non-hydrogen) atoms. The van der Waals surface area contributed by atoms with Crippen LogP contribution in [0.15, 0.2) is 0 Å². The quantitative estimate of drug-likeness (QED) is 0.0279. The molecule has 0 spiro atoms. The van der Waals surface area contributed by atoms with E-state index in [4.69, 9.17) is 25.5 Å². The number of carbonyl (C=O) groups is 5. The van der Waals surface area contributed by atoms with Crippen LogP contribution in [0.4, 0.5) is 0 Å². The fraction of sp³-hybridized carbons (Fsp3) is 0.944. The normalized spacial score (nSPS) is 10.7. The molecule has 0 aliphatic carbocycles. The molecule has 0 aromatic rings. The van der Waals surface area contributed by atoms with Crippen LogP contribution in [0.2, 0.25) is 0 Å². The first-order chi connectivity index (χ1) is 51.4. The van der Waals surface area contributed by atoms with Crippen molar-refractivity contribution in [3.05, 3.63) is 0 Å². The molecule has 0 saturated carbocycles. The summed E-state index contributed by atoms with van der Waals surface area (Å²) >= 11 is 0. The van der Waals surface area contributed by atoms with Crippen LogP contribution in [0.3, 0.4) is 0 Å². The molecule has 0 aliphatic rings. The van der Waals surface area contributed by atoms with E-state index >= 15 is 0 Å². The Hall–Kier alpha value is -1.69. The number of aliphatic carboxylic acids is 5. The van der Waals surface area contributed by atoms with Crippen molar-refractivity contribution >= 4 is 47.2 Å². The summed E-state index contributed by atoms with van der Waals surface area (Å²) in [5, 5.41) is 94.5. The van der Waals surface area contributed by atoms with Crippen LogP contribution < -0.4 is 25.5 Å². The van der Waals surface area contributed by atoms with Gasteiger partial charge in [-0.05, 0) is 96.3 Å². The van der Waals surface area contributed by atoms with E-state index in [0.717, 1.165) is 96.3 Å². The second-order valence-electron chi connectivity index (χ2n) is 30.7. The number of carbonyl (C=O) groups excluding carboxylic acids is 5. The largest absolute Gasteiger partial charge is 3.00 e. The minimum atomic E-state index is -0.914. The summed E-state index contributed by atoms with van der Waals surface area (Å²) in [6.07, 6.45) is 93.1. The summed E-state index contributed by atoms with van der Waals surface area (Å²) in [4.78, 5) is 51.1. The molecule has 0 bridgehead atoms. The van der Waals surface area contributed by atoms with Crippen LogP contribution in [0.1, 0.15) is 514 Å². The van der Waals surface area contributed by atoms with Crippen LogP contribution in [0.25, 0.3) is 0 Å². The van der Waals surface area contributed by atoms with E-state index in [1.165, 1.54) is 385 Å². The fourth-order valence-corrected chi connectivity index (χ4v) is 13.4. The summed E-state index contributed by atoms with van der Waals surface area (Å²) in [6.45, 7) is 1.72. The molecule has 0 atom stereocenters. The molecule has 5 N–H and O–H groups in total. The predicted octanol–water partition coefficient (Wildman–Crippen LogP) is 19.5. The van der Waals surface area contributed by atoms with Gasteiger partial charge in [-0.3, -0.25) is 0 Å². The molecule has 17 heteroatoms. The van der Waals surface area contributed by atoms with Crippen LogP contribution >= 0.6 is 0 Å². The van der Waals surface area contributed by atoms with E-state index < -0.39 is 29.8 Å². The fourth-order valence-electron chi connectivity index (χ4n) is 13.4. The van der Waals surface area contributed by atoms with E-state index in [2.05, 4.69) is 0 Å². The number of rotatable bonds is 85. The summed E-state index contributed by atoms with van der Waals surface area (Å²) in [7, 11) is 0. The summed E-state index contributed by atoms with van der Waals surface area (Å²) in [5.41, 5.74) is 0. The standard InChI is InChI=1S/5C18H36O3.Al.Zn/c5*19-17-15-13-11-9-7-5-3-1-2-4-6-8-10-12-14-16-18(20)21;;/h5*19H,1-17H2,(H,20,21);;/q;;;;;+3;+2/p-5. The molecule has 630 valence electrons. The molecule has 0 heterocycles. The van der Waals surface area contributed by atoms with Crippen LogP contribution in [0.5, 0.6) is 0 Å².